The molecule has 0 aromatic carbocycles. The molecule has 0 radical (unpaired) electrons. The molecule has 7 nitrogen and oxygen atoms in total. The summed E-state index contributed by atoms with van der Waals surface area (Å²) in [4.78, 5) is 20.7. The summed E-state index contributed by atoms with van der Waals surface area (Å²) in [5.74, 6) is 0.740. The quantitative estimate of drug-likeness (QED) is 0.859. The highest BCUT2D eigenvalue weighted by molar-refractivity contribution is 5.95. The van der Waals surface area contributed by atoms with E-state index in [1.54, 1.807) is 22.0 Å². The zero-order valence-corrected chi connectivity index (χ0v) is 14.1. The summed E-state index contributed by atoms with van der Waals surface area (Å²) in [5, 5.41) is 4.12. The van der Waals surface area contributed by atoms with Crippen LogP contribution in [0.5, 0.6) is 0 Å². The molecule has 0 atom stereocenters. The summed E-state index contributed by atoms with van der Waals surface area (Å²) < 4.78 is 7.26. The molecule has 3 rings (SSSR count). The van der Waals surface area contributed by atoms with Gasteiger partial charge in [-0.2, -0.15) is 5.10 Å². The minimum Gasteiger partial charge on any atom is -0.447 e. The van der Waals surface area contributed by atoms with Crippen LogP contribution in [-0.4, -0.2) is 45.2 Å². The molecule has 0 N–H and O–H groups in total. The maximum Gasteiger partial charge on any atom is 0.241 e. The molecule has 2 aromatic heterocycles. The van der Waals surface area contributed by atoms with E-state index >= 15 is 0 Å². The molecule has 23 heavy (non-hydrogen) atoms. The van der Waals surface area contributed by atoms with Crippen molar-refractivity contribution >= 4 is 11.6 Å². The van der Waals surface area contributed by atoms with Gasteiger partial charge in [-0.05, 0) is 0 Å². The second-order valence-corrected chi connectivity index (χ2v) is 7.00. The number of oxazole rings is 1. The van der Waals surface area contributed by atoms with Gasteiger partial charge in [-0.15, -0.1) is 0 Å². The second kappa shape index (κ2) is 5.81. The number of nitrogens with zero attached hydrogens (tertiary/aromatic N) is 5. The SMILES string of the molecule is Cn1cc(N2CCN(Cc3nc(C(C)(C)C)co3)CC2=O)cn1. The maximum atomic E-state index is 12.4. The Bertz CT molecular complexity index is 697. The van der Waals surface area contributed by atoms with E-state index in [0.29, 0.717) is 25.5 Å². The van der Waals surface area contributed by atoms with Crippen LogP contribution >= 0.6 is 0 Å². The summed E-state index contributed by atoms with van der Waals surface area (Å²) in [6.45, 7) is 8.66. The predicted molar refractivity (Wildman–Crippen MR) is 86.0 cm³/mol. The van der Waals surface area contributed by atoms with Crippen molar-refractivity contribution in [3.63, 3.8) is 0 Å². The number of piperazine rings is 1. The molecule has 1 saturated heterocycles. The Morgan fingerprint density at radius 3 is 2.65 bits per heavy atom. The van der Waals surface area contributed by atoms with Crippen molar-refractivity contribution in [1.29, 1.82) is 0 Å². The van der Waals surface area contributed by atoms with Crippen molar-refractivity contribution in [3.8, 4) is 0 Å². The topological polar surface area (TPSA) is 67.4 Å². The first-order chi connectivity index (χ1) is 10.8. The number of hydrogen-bond donors (Lipinski definition) is 0. The summed E-state index contributed by atoms with van der Waals surface area (Å²) in [7, 11) is 1.85. The van der Waals surface area contributed by atoms with Gasteiger partial charge in [0.1, 0.15) is 6.26 Å². The van der Waals surface area contributed by atoms with E-state index in [2.05, 4.69) is 35.8 Å². The minimum absolute atomic E-state index is 0.0312. The Kier molecular flexibility index (Phi) is 3.97. The van der Waals surface area contributed by atoms with Crippen LogP contribution in [-0.2, 0) is 23.8 Å². The molecular formula is C16H23N5O2. The molecule has 2 aromatic rings. The number of carbonyl (C=O) groups is 1. The van der Waals surface area contributed by atoms with Gasteiger partial charge in [-0.1, -0.05) is 20.8 Å². The maximum absolute atomic E-state index is 12.4. The van der Waals surface area contributed by atoms with Crippen molar-refractivity contribution in [2.75, 3.05) is 24.5 Å². The van der Waals surface area contributed by atoms with Gasteiger partial charge in [0.05, 0.1) is 30.7 Å². The van der Waals surface area contributed by atoms with Gasteiger partial charge >= 0.3 is 0 Å². The van der Waals surface area contributed by atoms with E-state index in [1.807, 2.05) is 13.2 Å². The number of rotatable bonds is 3. The lowest BCUT2D eigenvalue weighted by Crippen LogP contribution is -2.50. The largest absolute Gasteiger partial charge is 0.447 e. The lowest BCUT2D eigenvalue weighted by molar-refractivity contribution is -0.121. The van der Waals surface area contributed by atoms with Crippen molar-refractivity contribution in [2.24, 2.45) is 7.05 Å². The second-order valence-electron chi connectivity index (χ2n) is 7.00. The number of carbonyl (C=O) groups excluding carboxylic acids is 1. The third-order valence-corrected chi connectivity index (χ3v) is 3.98. The fraction of sp³-hybridized carbons (Fsp3) is 0.562. The molecule has 7 heteroatoms. The lowest BCUT2D eigenvalue weighted by Gasteiger charge is -2.32. The van der Waals surface area contributed by atoms with Crippen LogP contribution in [0.25, 0.3) is 0 Å². The Morgan fingerprint density at radius 2 is 2.09 bits per heavy atom. The van der Waals surface area contributed by atoms with Gasteiger partial charge in [0.15, 0.2) is 0 Å². The van der Waals surface area contributed by atoms with Gasteiger partial charge in [0, 0.05) is 31.7 Å². The van der Waals surface area contributed by atoms with Gasteiger partial charge in [-0.25, -0.2) is 4.98 Å². The zero-order chi connectivity index (χ0) is 16.6. The van der Waals surface area contributed by atoms with Gasteiger partial charge in [-0.3, -0.25) is 14.4 Å². The van der Waals surface area contributed by atoms with E-state index < -0.39 is 0 Å². The molecule has 1 aliphatic heterocycles. The van der Waals surface area contributed by atoms with Crippen LogP contribution in [0.1, 0.15) is 32.4 Å². The van der Waals surface area contributed by atoms with E-state index in [9.17, 15) is 4.79 Å². The summed E-state index contributed by atoms with van der Waals surface area (Å²) >= 11 is 0. The Balaban J connectivity index is 1.62. The molecule has 1 amide bonds. The standard InChI is InChI=1S/C16H23N5O2/c1-16(2,3)13-11-23-14(18-13)9-20-5-6-21(15(22)10-20)12-7-17-19(4)8-12/h7-8,11H,5-6,9-10H2,1-4H3. The number of hydrogen-bond acceptors (Lipinski definition) is 5. The monoisotopic (exact) mass is 317 g/mol. The first-order valence-electron chi connectivity index (χ1n) is 7.79. The van der Waals surface area contributed by atoms with Crippen molar-refractivity contribution < 1.29 is 9.21 Å². The molecule has 0 unspecified atom stereocenters. The van der Waals surface area contributed by atoms with E-state index in [-0.39, 0.29) is 11.3 Å². The normalized spacial score (nSPS) is 17.0. The molecule has 1 fully saturated rings. The van der Waals surface area contributed by atoms with Crippen LogP contribution < -0.4 is 4.90 Å². The van der Waals surface area contributed by atoms with Crippen LogP contribution in [0.4, 0.5) is 5.69 Å². The van der Waals surface area contributed by atoms with Crippen LogP contribution in [0, 0.1) is 0 Å². The van der Waals surface area contributed by atoms with Crippen molar-refractivity contribution in [2.45, 2.75) is 32.7 Å². The molecular weight excluding hydrogens is 294 g/mol. The molecule has 0 aliphatic carbocycles. The van der Waals surface area contributed by atoms with Gasteiger partial charge < -0.3 is 9.32 Å². The van der Waals surface area contributed by atoms with E-state index in [1.165, 1.54) is 0 Å². The number of aryl methyl sites for hydroxylation is 1. The van der Waals surface area contributed by atoms with Gasteiger partial charge in [0.25, 0.3) is 0 Å². The molecule has 3 heterocycles. The molecule has 0 saturated carbocycles. The highest BCUT2D eigenvalue weighted by Crippen LogP contribution is 2.22. The lowest BCUT2D eigenvalue weighted by atomic mass is 9.93. The predicted octanol–water partition coefficient (Wildman–Crippen LogP) is 1.55. The number of anilines is 1. The van der Waals surface area contributed by atoms with E-state index in [0.717, 1.165) is 17.9 Å². The minimum atomic E-state index is -0.0312. The average molecular weight is 317 g/mol. The van der Waals surface area contributed by atoms with Gasteiger partial charge in [0.2, 0.25) is 11.8 Å². The average Bonchev–Trinajstić information content (AvgIpc) is 3.08. The Hall–Kier alpha value is -2.15. The van der Waals surface area contributed by atoms with Crippen molar-refractivity contribution in [1.82, 2.24) is 19.7 Å². The summed E-state index contributed by atoms with van der Waals surface area (Å²) in [6, 6.07) is 0. The van der Waals surface area contributed by atoms with E-state index in [4.69, 9.17) is 4.42 Å². The third kappa shape index (κ3) is 3.44. The smallest absolute Gasteiger partial charge is 0.241 e. The van der Waals surface area contributed by atoms with Crippen molar-refractivity contribution in [3.05, 3.63) is 30.2 Å². The Morgan fingerprint density at radius 1 is 1.30 bits per heavy atom. The summed E-state index contributed by atoms with van der Waals surface area (Å²) in [6.07, 6.45) is 5.29. The number of aromatic nitrogens is 3. The Labute approximate surface area is 135 Å². The fourth-order valence-corrected chi connectivity index (χ4v) is 2.60. The summed E-state index contributed by atoms with van der Waals surface area (Å²) in [5.41, 5.74) is 1.76. The van der Waals surface area contributed by atoms with Crippen LogP contribution in [0.2, 0.25) is 0 Å². The van der Waals surface area contributed by atoms with Crippen LogP contribution in [0.3, 0.4) is 0 Å². The highest BCUT2D eigenvalue weighted by atomic mass is 16.3. The zero-order valence-electron chi connectivity index (χ0n) is 14.1. The molecule has 1 aliphatic rings. The third-order valence-electron chi connectivity index (χ3n) is 3.98. The molecule has 124 valence electrons. The molecule has 0 spiro atoms. The molecule has 0 bridgehead atoms. The first kappa shape index (κ1) is 15.7. The number of amides is 1. The van der Waals surface area contributed by atoms with Crippen LogP contribution in [0.15, 0.2) is 23.1 Å². The fourth-order valence-electron chi connectivity index (χ4n) is 2.60. The first-order valence-corrected chi connectivity index (χ1v) is 7.79. The highest BCUT2D eigenvalue weighted by Gasteiger charge is 2.27.